The van der Waals surface area contributed by atoms with E-state index in [4.69, 9.17) is 5.73 Å². The Kier molecular flexibility index (Phi) is 4.08. The van der Waals surface area contributed by atoms with Crippen molar-refractivity contribution in [3.8, 4) is 0 Å². The molecule has 0 saturated heterocycles. The smallest absolute Gasteiger partial charge is 0.0660 e. The van der Waals surface area contributed by atoms with Crippen molar-refractivity contribution in [3.05, 3.63) is 54.1 Å². The Morgan fingerprint density at radius 2 is 1.88 bits per heavy atom. The second-order valence-electron chi connectivity index (χ2n) is 4.05. The van der Waals surface area contributed by atoms with Gasteiger partial charge in [-0.3, -0.25) is 0 Å². The fraction of sp³-hybridized carbons (Fsp3) is 0.231. The molecule has 0 bridgehead atoms. The van der Waals surface area contributed by atoms with Gasteiger partial charge in [-0.15, -0.1) is 11.3 Å². The Morgan fingerprint density at radius 1 is 1.18 bits per heavy atom. The van der Waals surface area contributed by atoms with Crippen LogP contribution in [0.15, 0.2) is 33.2 Å². The zero-order valence-electron chi connectivity index (χ0n) is 9.63. The molecule has 0 saturated carbocycles. The van der Waals surface area contributed by atoms with Crippen molar-refractivity contribution in [1.82, 2.24) is 0 Å². The Morgan fingerprint density at radius 3 is 2.47 bits per heavy atom. The highest BCUT2D eigenvalue weighted by Gasteiger charge is 2.16. The Balaban J connectivity index is 2.46. The number of nitrogens with two attached hydrogens (primary N) is 1. The first-order valence-corrected chi connectivity index (χ1v) is 7.66. The van der Waals surface area contributed by atoms with E-state index in [1.165, 1.54) is 15.3 Å². The van der Waals surface area contributed by atoms with Crippen LogP contribution in [0.25, 0.3) is 0 Å². The third kappa shape index (κ3) is 2.81. The summed E-state index contributed by atoms with van der Waals surface area (Å²) in [5.41, 5.74) is 8.75. The van der Waals surface area contributed by atoms with Gasteiger partial charge in [-0.05, 0) is 49.2 Å². The standard InChI is InChI=1S/C13H13Br2NS/c1-7-5-8(2)17-13(7)12(16)10-6-9(14)3-4-11(10)15/h3-6,12H,16H2,1-2H3. The number of hydrogen-bond donors (Lipinski definition) is 1. The van der Waals surface area contributed by atoms with Gasteiger partial charge in [0.25, 0.3) is 0 Å². The van der Waals surface area contributed by atoms with E-state index in [-0.39, 0.29) is 6.04 Å². The molecule has 1 heterocycles. The minimum absolute atomic E-state index is 0.0689. The maximum Gasteiger partial charge on any atom is 0.0660 e. The predicted octanol–water partition coefficient (Wildman–Crippen LogP) is 4.94. The van der Waals surface area contributed by atoms with Gasteiger partial charge < -0.3 is 5.73 Å². The molecule has 4 heteroatoms. The predicted molar refractivity (Wildman–Crippen MR) is 81.7 cm³/mol. The van der Waals surface area contributed by atoms with Gasteiger partial charge in [0, 0.05) is 18.7 Å². The van der Waals surface area contributed by atoms with Crippen LogP contribution in [0.4, 0.5) is 0 Å². The summed E-state index contributed by atoms with van der Waals surface area (Å²) in [6, 6.07) is 8.22. The van der Waals surface area contributed by atoms with E-state index in [2.05, 4.69) is 57.8 Å². The topological polar surface area (TPSA) is 26.0 Å². The lowest BCUT2D eigenvalue weighted by Crippen LogP contribution is -2.12. The van der Waals surface area contributed by atoms with Gasteiger partial charge in [-0.1, -0.05) is 31.9 Å². The highest BCUT2D eigenvalue weighted by atomic mass is 79.9. The first-order chi connectivity index (χ1) is 7.99. The molecule has 0 radical (unpaired) electrons. The van der Waals surface area contributed by atoms with Crippen molar-refractivity contribution in [2.45, 2.75) is 19.9 Å². The summed E-state index contributed by atoms with van der Waals surface area (Å²) in [6.45, 7) is 4.23. The molecular weight excluding hydrogens is 362 g/mol. The van der Waals surface area contributed by atoms with Gasteiger partial charge in [-0.2, -0.15) is 0 Å². The lowest BCUT2D eigenvalue weighted by atomic mass is 10.0. The average molecular weight is 375 g/mol. The molecule has 0 amide bonds. The van der Waals surface area contributed by atoms with E-state index in [9.17, 15) is 0 Å². The normalized spacial score (nSPS) is 12.8. The third-order valence-electron chi connectivity index (χ3n) is 2.65. The zero-order valence-corrected chi connectivity index (χ0v) is 13.6. The molecule has 1 atom stereocenters. The monoisotopic (exact) mass is 373 g/mol. The molecule has 90 valence electrons. The van der Waals surface area contributed by atoms with Crippen LogP contribution < -0.4 is 5.73 Å². The van der Waals surface area contributed by atoms with E-state index in [1.54, 1.807) is 11.3 Å². The summed E-state index contributed by atoms with van der Waals surface area (Å²) in [5, 5.41) is 0. The first-order valence-electron chi connectivity index (χ1n) is 5.26. The highest BCUT2D eigenvalue weighted by Crippen LogP contribution is 2.34. The van der Waals surface area contributed by atoms with Crippen LogP contribution in [0, 0.1) is 13.8 Å². The zero-order chi connectivity index (χ0) is 12.6. The number of aryl methyl sites for hydroxylation is 2. The van der Waals surface area contributed by atoms with Crippen molar-refractivity contribution < 1.29 is 0 Å². The summed E-state index contributed by atoms with van der Waals surface area (Å²) in [6.07, 6.45) is 0. The van der Waals surface area contributed by atoms with Crippen molar-refractivity contribution >= 4 is 43.2 Å². The van der Waals surface area contributed by atoms with Crippen LogP contribution >= 0.6 is 43.2 Å². The molecule has 2 rings (SSSR count). The van der Waals surface area contributed by atoms with Crippen LogP contribution in [0.2, 0.25) is 0 Å². The first kappa shape index (κ1) is 13.3. The lowest BCUT2D eigenvalue weighted by Gasteiger charge is -2.14. The molecule has 1 unspecified atom stereocenters. The lowest BCUT2D eigenvalue weighted by molar-refractivity contribution is 0.878. The van der Waals surface area contributed by atoms with E-state index < -0.39 is 0 Å². The van der Waals surface area contributed by atoms with Crippen molar-refractivity contribution in [2.75, 3.05) is 0 Å². The van der Waals surface area contributed by atoms with E-state index in [0.29, 0.717) is 0 Å². The Labute approximate surface area is 122 Å². The molecule has 0 aliphatic carbocycles. The van der Waals surface area contributed by atoms with Gasteiger partial charge >= 0.3 is 0 Å². The van der Waals surface area contributed by atoms with E-state index in [0.717, 1.165) is 14.5 Å². The minimum atomic E-state index is -0.0689. The molecule has 0 aliphatic rings. The molecule has 2 N–H and O–H groups in total. The maximum atomic E-state index is 6.36. The molecule has 0 spiro atoms. The van der Waals surface area contributed by atoms with Gasteiger partial charge in [0.05, 0.1) is 6.04 Å². The van der Waals surface area contributed by atoms with Gasteiger partial charge in [0.15, 0.2) is 0 Å². The molecule has 2 aromatic rings. The van der Waals surface area contributed by atoms with Crippen LogP contribution in [-0.4, -0.2) is 0 Å². The van der Waals surface area contributed by atoms with Crippen LogP contribution in [-0.2, 0) is 0 Å². The molecule has 1 aromatic heterocycles. The number of hydrogen-bond acceptors (Lipinski definition) is 2. The molecule has 17 heavy (non-hydrogen) atoms. The van der Waals surface area contributed by atoms with Gasteiger partial charge in [0.2, 0.25) is 0 Å². The molecular formula is C13H13Br2NS. The SMILES string of the molecule is Cc1cc(C)c(C(N)c2cc(Br)ccc2Br)s1. The van der Waals surface area contributed by atoms with Gasteiger partial charge in [0.1, 0.15) is 0 Å². The summed E-state index contributed by atoms with van der Waals surface area (Å²) in [4.78, 5) is 2.54. The average Bonchev–Trinajstić information content (AvgIpc) is 2.60. The fourth-order valence-electron chi connectivity index (χ4n) is 1.86. The molecule has 1 nitrogen and oxygen atoms in total. The fourth-order valence-corrected chi connectivity index (χ4v) is 3.79. The van der Waals surface area contributed by atoms with Crippen molar-refractivity contribution in [1.29, 1.82) is 0 Å². The summed E-state index contributed by atoms with van der Waals surface area (Å²) in [7, 11) is 0. The number of rotatable bonds is 2. The minimum Gasteiger partial charge on any atom is -0.320 e. The largest absolute Gasteiger partial charge is 0.320 e. The number of benzene rings is 1. The molecule has 0 aliphatic heterocycles. The number of thiophene rings is 1. The van der Waals surface area contributed by atoms with E-state index in [1.807, 2.05) is 12.1 Å². The quantitative estimate of drug-likeness (QED) is 0.791. The van der Waals surface area contributed by atoms with Crippen LogP contribution in [0.5, 0.6) is 0 Å². The second-order valence-corrected chi connectivity index (χ2v) is 7.11. The summed E-state index contributed by atoms with van der Waals surface area (Å²) < 4.78 is 2.11. The van der Waals surface area contributed by atoms with Gasteiger partial charge in [-0.25, -0.2) is 0 Å². The van der Waals surface area contributed by atoms with Crippen LogP contribution in [0.1, 0.15) is 26.9 Å². The van der Waals surface area contributed by atoms with Crippen molar-refractivity contribution in [2.24, 2.45) is 5.73 Å². The Bertz CT molecular complexity index is 548. The summed E-state index contributed by atoms with van der Waals surface area (Å²) >= 11 is 8.82. The molecule has 0 fully saturated rings. The van der Waals surface area contributed by atoms with Crippen LogP contribution in [0.3, 0.4) is 0 Å². The Hall–Kier alpha value is -0.160. The third-order valence-corrected chi connectivity index (χ3v) is 5.11. The number of halogens is 2. The molecule has 1 aromatic carbocycles. The highest BCUT2D eigenvalue weighted by molar-refractivity contribution is 9.11. The van der Waals surface area contributed by atoms with E-state index >= 15 is 0 Å². The summed E-state index contributed by atoms with van der Waals surface area (Å²) in [5.74, 6) is 0. The second kappa shape index (κ2) is 5.22. The van der Waals surface area contributed by atoms with Crippen molar-refractivity contribution in [3.63, 3.8) is 0 Å². The maximum absolute atomic E-state index is 6.36.